The maximum Gasteiger partial charge on any atom is 0.0791 e. The molecule has 1 atom stereocenters. The molecular weight excluding hydrogens is 244 g/mol. The Labute approximate surface area is 114 Å². The number of hydrogen-bond acceptors (Lipinski definition) is 4. The van der Waals surface area contributed by atoms with Crippen LogP contribution in [0.4, 0.5) is 0 Å². The predicted molar refractivity (Wildman–Crippen MR) is 76.9 cm³/mol. The number of aliphatic hydroxyl groups excluding tert-OH is 1. The highest BCUT2D eigenvalue weighted by Gasteiger charge is 2.30. The summed E-state index contributed by atoms with van der Waals surface area (Å²) in [5, 5.41) is 17.7. The van der Waals surface area contributed by atoms with Gasteiger partial charge in [-0.25, -0.2) is 0 Å². The zero-order valence-electron chi connectivity index (χ0n) is 11.3. The molecule has 1 aliphatic rings. The number of nitrogens with one attached hydrogen (secondary N) is 1. The van der Waals surface area contributed by atoms with Crippen molar-refractivity contribution in [1.82, 2.24) is 10.2 Å². The van der Waals surface area contributed by atoms with Gasteiger partial charge in [0.15, 0.2) is 0 Å². The molecule has 18 heavy (non-hydrogen) atoms. The van der Waals surface area contributed by atoms with E-state index < -0.39 is 0 Å². The summed E-state index contributed by atoms with van der Waals surface area (Å²) in [6.07, 6.45) is 2.30. The molecule has 0 aliphatic heterocycles. The zero-order valence-corrected chi connectivity index (χ0v) is 12.1. The van der Waals surface area contributed by atoms with Crippen molar-refractivity contribution >= 4 is 11.3 Å². The van der Waals surface area contributed by atoms with Crippen LogP contribution in [0.1, 0.15) is 32.3 Å². The molecule has 1 aliphatic carbocycles. The Morgan fingerprint density at radius 3 is 2.83 bits per heavy atom. The van der Waals surface area contributed by atoms with E-state index >= 15 is 0 Å². The summed E-state index contributed by atoms with van der Waals surface area (Å²) in [5.74, 6) is 0. The van der Waals surface area contributed by atoms with Gasteiger partial charge in [-0.05, 0) is 35.2 Å². The average molecular weight is 268 g/mol. The Hall–Kier alpha value is -0.420. The van der Waals surface area contributed by atoms with Crippen molar-refractivity contribution in [2.24, 2.45) is 0 Å². The molecule has 0 saturated heterocycles. The molecule has 102 valence electrons. The van der Waals surface area contributed by atoms with E-state index in [-0.39, 0.29) is 6.10 Å². The van der Waals surface area contributed by atoms with Gasteiger partial charge in [0.05, 0.1) is 6.10 Å². The van der Waals surface area contributed by atoms with Crippen molar-refractivity contribution in [3.63, 3.8) is 0 Å². The molecule has 0 bridgehead atoms. The maximum atomic E-state index is 10.1. The van der Waals surface area contributed by atoms with Crippen molar-refractivity contribution in [2.75, 3.05) is 13.1 Å². The van der Waals surface area contributed by atoms with E-state index in [4.69, 9.17) is 0 Å². The highest BCUT2D eigenvalue weighted by atomic mass is 32.1. The Bertz CT molecular complexity index is 336. The molecule has 4 heteroatoms. The summed E-state index contributed by atoms with van der Waals surface area (Å²) in [6.45, 7) is 6.66. The fourth-order valence-electron chi connectivity index (χ4n) is 2.11. The lowest BCUT2D eigenvalue weighted by Crippen LogP contribution is -2.40. The quantitative estimate of drug-likeness (QED) is 0.757. The third kappa shape index (κ3) is 4.69. The number of thiophene rings is 1. The molecule has 3 nitrogen and oxygen atoms in total. The second-order valence-corrected chi connectivity index (χ2v) is 6.29. The fourth-order valence-corrected chi connectivity index (χ4v) is 2.77. The smallest absolute Gasteiger partial charge is 0.0791 e. The first-order valence-electron chi connectivity index (χ1n) is 6.81. The van der Waals surface area contributed by atoms with Crippen LogP contribution in [0.5, 0.6) is 0 Å². The van der Waals surface area contributed by atoms with Gasteiger partial charge in [-0.1, -0.05) is 13.8 Å². The van der Waals surface area contributed by atoms with E-state index in [1.165, 1.54) is 18.4 Å². The highest BCUT2D eigenvalue weighted by molar-refractivity contribution is 7.07. The summed E-state index contributed by atoms with van der Waals surface area (Å²) >= 11 is 1.75. The second kappa shape index (κ2) is 6.66. The molecule has 2 rings (SSSR count). The van der Waals surface area contributed by atoms with Crippen molar-refractivity contribution in [1.29, 1.82) is 0 Å². The SMILES string of the molecule is CC(C)NCC(O)CN(Cc1ccsc1)C1CC1. The van der Waals surface area contributed by atoms with Gasteiger partial charge in [0.2, 0.25) is 0 Å². The van der Waals surface area contributed by atoms with E-state index in [2.05, 4.69) is 40.9 Å². The lowest BCUT2D eigenvalue weighted by atomic mass is 10.2. The van der Waals surface area contributed by atoms with E-state index in [1.807, 2.05) is 0 Å². The van der Waals surface area contributed by atoms with Crippen LogP contribution in [-0.2, 0) is 6.54 Å². The molecule has 1 heterocycles. The normalized spacial score (nSPS) is 17.6. The van der Waals surface area contributed by atoms with Crippen LogP contribution in [0.15, 0.2) is 16.8 Å². The summed E-state index contributed by atoms with van der Waals surface area (Å²) in [7, 11) is 0. The van der Waals surface area contributed by atoms with Crippen LogP contribution < -0.4 is 5.32 Å². The first-order valence-corrected chi connectivity index (χ1v) is 7.76. The monoisotopic (exact) mass is 268 g/mol. The fraction of sp³-hybridized carbons (Fsp3) is 0.714. The Balaban J connectivity index is 1.79. The topological polar surface area (TPSA) is 35.5 Å². The lowest BCUT2D eigenvalue weighted by Gasteiger charge is -2.25. The molecular formula is C14H24N2OS. The zero-order chi connectivity index (χ0) is 13.0. The van der Waals surface area contributed by atoms with E-state index in [1.54, 1.807) is 11.3 Å². The second-order valence-electron chi connectivity index (χ2n) is 5.51. The van der Waals surface area contributed by atoms with Gasteiger partial charge >= 0.3 is 0 Å². The van der Waals surface area contributed by atoms with E-state index in [0.29, 0.717) is 18.6 Å². The summed E-state index contributed by atoms with van der Waals surface area (Å²) in [5.41, 5.74) is 1.37. The molecule has 0 radical (unpaired) electrons. The first-order chi connectivity index (χ1) is 8.65. The van der Waals surface area contributed by atoms with Gasteiger partial charge in [-0.15, -0.1) is 0 Å². The van der Waals surface area contributed by atoms with Gasteiger partial charge in [0.25, 0.3) is 0 Å². The minimum absolute atomic E-state index is 0.272. The predicted octanol–water partition coefficient (Wildman–Crippen LogP) is 2.07. The van der Waals surface area contributed by atoms with Gasteiger partial charge < -0.3 is 10.4 Å². The molecule has 1 fully saturated rings. The summed E-state index contributed by atoms with van der Waals surface area (Å²) < 4.78 is 0. The lowest BCUT2D eigenvalue weighted by molar-refractivity contribution is 0.101. The van der Waals surface area contributed by atoms with E-state index in [9.17, 15) is 5.11 Å². The Morgan fingerprint density at radius 1 is 1.50 bits per heavy atom. The maximum absolute atomic E-state index is 10.1. The Morgan fingerprint density at radius 2 is 2.28 bits per heavy atom. The number of hydrogen-bond donors (Lipinski definition) is 2. The van der Waals surface area contributed by atoms with Crippen LogP contribution in [0, 0.1) is 0 Å². The Kier molecular flexibility index (Phi) is 5.18. The van der Waals surface area contributed by atoms with Crippen LogP contribution >= 0.6 is 11.3 Å². The largest absolute Gasteiger partial charge is 0.390 e. The molecule has 0 spiro atoms. The summed E-state index contributed by atoms with van der Waals surface area (Å²) in [4.78, 5) is 2.43. The van der Waals surface area contributed by atoms with Crippen molar-refractivity contribution < 1.29 is 5.11 Å². The summed E-state index contributed by atoms with van der Waals surface area (Å²) in [6, 6.07) is 3.31. The van der Waals surface area contributed by atoms with Gasteiger partial charge in [-0.3, -0.25) is 4.90 Å². The highest BCUT2D eigenvalue weighted by Crippen LogP contribution is 2.28. The molecule has 2 N–H and O–H groups in total. The van der Waals surface area contributed by atoms with E-state index in [0.717, 1.165) is 13.1 Å². The third-order valence-electron chi connectivity index (χ3n) is 3.24. The molecule has 1 saturated carbocycles. The van der Waals surface area contributed by atoms with Crippen molar-refractivity contribution in [3.05, 3.63) is 22.4 Å². The minimum atomic E-state index is -0.272. The standard InChI is InChI=1S/C14H24N2OS/c1-11(2)15-7-14(17)9-16(13-3-4-13)8-12-5-6-18-10-12/h5-6,10-11,13-15,17H,3-4,7-9H2,1-2H3. The molecule has 1 aromatic rings. The number of rotatable bonds is 8. The van der Waals surface area contributed by atoms with Crippen LogP contribution in [0.2, 0.25) is 0 Å². The van der Waals surface area contributed by atoms with Gasteiger partial charge in [-0.2, -0.15) is 11.3 Å². The van der Waals surface area contributed by atoms with Crippen LogP contribution in [0.25, 0.3) is 0 Å². The van der Waals surface area contributed by atoms with Crippen LogP contribution in [-0.4, -0.2) is 41.3 Å². The average Bonchev–Trinajstić information content (AvgIpc) is 3.05. The number of nitrogens with zero attached hydrogens (tertiary/aromatic N) is 1. The minimum Gasteiger partial charge on any atom is -0.390 e. The first kappa shape index (κ1) is 14.0. The van der Waals surface area contributed by atoms with Crippen molar-refractivity contribution in [2.45, 2.75) is 51.4 Å². The van der Waals surface area contributed by atoms with Gasteiger partial charge in [0.1, 0.15) is 0 Å². The molecule has 0 amide bonds. The molecule has 1 unspecified atom stereocenters. The molecule has 1 aromatic heterocycles. The van der Waals surface area contributed by atoms with Gasteiger partial charge in [0, 0.05) is 31.7 Å². The molecule has 0 aromatic carbocycles. The number of aliphatic hydroxyl groups is 1. The van der Waals surface area contributed by atoms with Crippen molar-refractivity contribution in [3.8, 4) is 0 Å². The third-order valence-corrected chi connectivity index (χ3v) is 3.97. The van der Waals surface area contributed by atoms with Crippen LogP contribution in [0.3, 0.4) is 0 Å².